The standard InChI is InChI=1S/C25H27NS3/c1-2-3-4-5-6-7-8-20-15-18-27-25(20)24-12-11-23(29-24)22-10-9-21(28-22)19-13-16-26-17-14-19/h9-18H,2-8H2,1H3. The lowest BCUT2D eigenvalue weighted by molar-refractivity contribution is 0.608. The average Bonchev–Trinajstić information content (AvgIpc) is 3.51. The first-order valence-corrected chi connectivity index (χ1v) is 13.0. The van der Waals surface area contributed by atoms with E-state index in [-0.39, 0.29) is 0 Å². The fourth-order valence-corrected chi connectivity index (χ4v) is 6.81. The van der Waals surface area contributed by atoms with E-state index in [2.05, 4.69) is 59.8 Å². The third-order valence-electron chi connectivity index (χ3n) is 5.19. The van der Waals surface area contributed by atoms with E-state index in [0.29, 0.717) is 0 Å². The molecule has 0 unspecified atom stereocenters. The maximum atomic E-state index is 4.12. The van der Waals surface area contributed by atoms with Crippen LogP contribution in [0.15, 0.2) is 60.2 Å². The van der Waals surface area contributed by atoms with Gasteiger partial charge in [0.15, 0.2) is 0 Å². The Balaban J connectivity index is 1.42. The van der Waals surface area contributed by atoms with Crippen LogP contribution in [0.4, 0.5) is 0 Å². The molecule has 0 amide bonds. The van der Waals surface area contributed by atoms with Gasteiger partial charge in [-0.1, -0.05) is 39.0 Å². The summed E-state index contributed by atoms with van der Waals surface area (Å²) < 4.78 is 0. The summed E-state index contributed by atoms with van der Waals surface area (Å²) in [5.41, 5.74) is 2.77. The molecule has 0 aromatic carbocycles. The molecule has 0 bridgehead atoms. The number of hydrogen-bond donors (Lipinski definition) is 0. The molecule has 1 nitrogen and oxygen atoms in total. The van der Waals surface area contributed by atoms with E-state index < -0.39 is 0 Å². The molecule has 29 heavy (non-hydrogen) atoms. The third-order valence-corrected chi connectivity index (χ3v) is 8.74. The molecule has 0 atom stereocenters. The van der Waals surface area contributed by atoms with Crippen LogP contribution in [0.2, 0.25) is 0 Å². The van der Waals surface area contributed by atoms with E-state index in [1.165, 1.54) is 80.5 Å². The molecule has 4 rings (SSSR count). The number of nitrogens with zero attached hydrogens (tertiary/aromatic N) is 1. The summed E-state index contributed by atoms with van der Waals surface area (Å²) in [6, 6.07) is 15.6. The summed E-state index contributed by atoms with van der Waals surface area (Å²) in [5, 5.41) is 2.26. The Morgan fingerprint density at radius 1 is 0.690 bits per heavy atom. The minimum absolute atomic E-state index is 1.21. The molecule has 150 valence electrons. The summed E-state index contributed by atoms with van der Waals surface area (Å²) in [6.45, 7) is 2.28. The Labute approximate surface area is 186 Å². The van der Waals surface area contributed by atoms with Crippen LogP contribution in [0, 0.1) is 0 Å². The molecule has 0 N–H and O–H groups in total. The molecule has 0 spiro atoms. The molecule has 0 saturated carbocycles. The summed E-state index contributed by atoms with van der Waals surface area (Å²) in [6.07, 6.45) is 13.1. The highest BCUT2D eigenvalue weighted by molar-refractivity contribution is 7.27. The summed E-state index contributed by atoms with van der Waals surface area (Å²) >= 11 is 5.68. The van der Waals surface area contributed by atoms with E-state index in [1.807, 2.05) is 46.4 Å². The van der Waals surface area contributed by atoms with Crippen molar-refractivity contribution in [2.75, 3.05) is 0 Å². The Morgan fingerprint density at radius 3 is 2.14 bits per heavy atom. The molecular weight excluding hydrogens is 410 g/mol. The molecule has 0 saturated heterocycles. The van der Waals surface area contributed by atoms with E-state index >= 15 is 0 Å². The Bertz CT molecular complexity index is 1010. The van der Waals surface area contributed by atoms with Gasteiger partial charge in [-0.05, 0) is 71.8 Å². The highest BCUT2D eigenvalue weighted by atomic mass is 32.1. The number of rotatable bonds is 10. The van der Waals surface area contributed by atoms with Crippen molar-refractivity contribution in [1.82, 2.24) is 4.98 Å². The predicted molar refractivity (Wildman–Crippen MR) is 131 cm³/mol. The van der Waals surface area contributed by atoms with Crippen molar-refractivity contribution in [3.63, 3.8) is 0 Å². The molecule has 0 aliphatic rings. The van der Waals surface area contributed by atoms with Crippen molar-refractivity contribution in [1.29, 1.82) is 0 Å². The molecule has 0 aliphatic heterocycles. The van der Waals surface area contributed by atoms with Crippen LogP contribution in [0.25, 0.3) is 29.9 Å². The number of pyridine rings is 1. The fourth-order valence-electron chi connectivity index (χ4n) is 3.58. The SMILES string of the molecule is CCCCCCCCc1ccsc1-c1ccc(-c2ccc(-c3ccncc3)s2)s1. The van der Waals surface area contributed by atoms with Crippen molar-refractivity contribution in [2.45, 2.75) is 51.9 Å². The van der Waals surface area contributed by atoms with E-state index in [9.17, 15) is 0 Å². The normalized spacial score (nSPS) is 11.2. The van der Waals surface area contributed by atoms with Crippen LogP contribution in [0.3, 0.4) is 0 Å². The second-order valence-electron chi connectivity index (χ2n) is 7.36. The minimum atomic E-state index is 1.21. The molecule has 4 heterocycles. The molecule has 0 radical (unpaired) electrons. The number of aromatic nitrogens is 1. The molecule has 4 heteroatoms. The van der Waals surface area contributed by atoms with Gasteiger partial charge in [-0.2, -0.15) is 0 Å². The third kappa shape index (κ3) is 5.25. The summed E-state index contributed by atoms with van der Waals surface area (Å²) in [7, 11) is 0. The van der Waals surface area contributed by atoms with Crippen LogP contribution in [0.1, 0.15) is 51.0 Å². The van der Waals surface area contributed by atoms with Crippen LogP contribution in [0.5, 0.6) is 0 Å². The van der Waals surface area contributed by atoms with Crippen LogP contribution in [-0.4, -0.2) is 4.98 Å². The van der Waals surface area contributed by atoms with Gasteiger partial charge < -0.3 is 0 Å². The van der Waals surface area contributed by atoms with Gasteiger partial charge in [0.05, 0.1) is 0 Å². The monoisotopic (exact) mass is 437 g/mol. The topological polar surface area (TPSA) is 12.9 Å². The van der Waals surface area contributed by atoms with Crippen LogP contribution >= 0.6 is 34.0 Å². The summed E-state index contributed by atoms with van der Waals surface area (Å²) in [4.78, 5) is 11.0. The zero-order valence-electron chi connectivity index (χ0n) is 16.9. The van der Waals surface area contributed by atoms with Gasteiger partial charge >= 0.3 is 0 Å². The molecular formula is C25H27NS3. The van der Waals surface area contributed by atoms with Gasteiger partial charge in [0.25, 0.3) is 0 Å². The first kappa shape index (κ1) is 20.5. The number of aryl methyl sites for hydroxylation is 1. The second kappa shape index (κ2) is 10.3. The van der Waals surface area contributed by atoms with Crippen molar-refractivity contribution in [2.24, 2.45) is 0 Å². The van der Waals surface area contributed by atoms with Gasteiger partial charge in [0, 0.05) is 36.8 Å². The lowest BCUT2D eigenvalue weighted by Crippen LogP contribution is -1.86. The van der Waals surface area contributed by atoms with Crippen molar-refractivity contribution in [3.8, 4) is 29.9 Å². The van der Waals surface area contributed by atoms with Crippen molar-refractivity contribution < 1.29 is 0 Å². The number of hydrogen-bond acceptors (Lipinski definition) is 4. The maximum Gasteiger partial charge on any atom is 0.0474 e. The molecule has 0 fully saturated rings. The van der Waals surface area contributed by atoms with Crippen LogP contribution < -0.4 is 0 Å². The zero-order valence-corrected chi connectivity index (χ0v) is 19.3. The Hall–Kier alpha value is -1.75. The molecule has 4 aromatic rings. The lowest BCUT2D eigenvalue weighted by atomic mass is 10.1. The fraction of sp³-hybridized carbons (Fsp3) is 0.320. The predicted octanol–water partition coefficient (Wildman–Crippen LogP) is 9.17. The van der Waals surface area contributed by atoms with Gasteiger partial charge in [0.2, 0.25) is 0 Å². The largest absolute Gasteiger partial charge is 0.265 e. The quantitative estimate of drug-likeness (QED) is 0.225. The average molecular weight is 438 g/mol. The van der Waals surface area contributed by atoms with Crippen molar-refractivity contribution >= 4 is 34.0 Å². The minimum Gasteiger partial charge on any atom is -0.265 e. The lowest BCUT2D eigenvalue weighted by Gasteiger charge is -2.03. The summed E-state index contributed by atoms with van der Waals surface area (Å²) in [5.74, 6) is 0. The second-order valence-corrected chi connectivity index (χ2v) is 10.4. The molecule has 4 aromatic heterocycles. The maximum absolute atomic E-state index is 4.12. The zero-order chi connectivity index (χ0) is 19.9. The Morgan fingerprint density at radius 2 is 1.34 bits per heavy atom. The van der Waals surface area contributed by atoms with E-state index in [0.717, 1.165) is 0 Å². The Kier molecular flexibility index (Phi) is 7.31. The number of unbranched alkanes of at least 4 members (excludes halogenated alkanes) is 5. The van der Waals surface area contributed by atoms with Crippen LogP contribution in [-0.2, 0) is 6.42 Å². The van der Waals surface area contributed by atoms with E-state index in [1.54, 1.807) is 0 Å². The smallest absolute Gasteiger partial charge is 0.0474 e. The van der Waals surface area contributed by atoms with Gasteiger partial charge in [-0.3, -0.25) is 4.98 Å². The van der Waals surface area contributed by atoms with Gasteiger partial charge in [-0.25, -0.2) is 0 Å². The van der Waals surface area contributed by atoms with Gasteiger partial charge in [0.1, 0.15) is 0 Å². The highest BCUT2D eigenvalue weighted by Gasteiger charge is 2.12. The molecule has 0 aliphatic carbocycles. The van der Waals surface area contributed by atoms with Gasteiger partial charge in [-0.15, -0.1) is 34.0 Å². The van der Waals surface area contributed by atoms with E-state index in [4.69, 9.17) is 0 Å². The first-order chi connectivity index (χ1) is 14.3. The highest BCUT2D eigenvalue weighted by Crippen LogP contribution is 2.42. The van der Waals surface area contributed by atoms with Crippen molar-refractivity contribution in [3.05, 3.63) is 65.8 Å². The first-order valence-electron chi connectivity index (χ1n) is 10.5. The number of thiophene rings is 3.